The van der Waals surface area contributed by atoms with Crippen LogP contribution in [0.1, 0.15) is 31.9 Å². The van der Waals surface area contributed by atoms with Crippen molar-refractivity contribution in [3.8, 4) is 0 Å². The summed E-state index contributed by atoms with van der Waals surface area (Å²) in [6.07, 6.45) is 5.46. The number of hydrogen-bond donors (Lipinski definition) is 1. The number of aromatic nitrogens is 2. The number of aryl methyl sites for hydroxylation is 1. The summed E-state index contributed by atoms with van der Waals surface area (Å²) < 4.78 is 7.11. The summed E-state index contributed by atoms with van der Waals surface area (Å²) in [6.45, 7) is 5.02. The van der Waals surface area contributed by atoms with Gasteiger partial charge in [-0.3, -0.25) is 4.68 Å². The minimum absolute atomic E-state index is 0.382. The molecule has 1 atom stereocenters. The van der Waals surface area contributed by atoms with E-state index in [0.717, 1.165) is 24.4 Å². The standard InChI is InChI=1S/C12H23N3O/c1-5-6-7-11(9-16-4)14-12-8-13-15(3)10(12)2/h8,11,14H,5-7,9H2,1-4H3. The summed E-state index contributed by atoms with van der Waals surface area (Å²) >= 11 is 0. The highest BCUT2D eigenvalue weighted by Gasteiger charge is 2.11. The third kappa shape index (κ3) is 3.52. The van der Waals surface area contributed by atoms with Crippen molar-refractivity contribution in [1.82, 2.24) is 9.78 Å². The van der Waals surface area contributed by atoms with Crippen molar-refractivity contribution in [2.75, 3.05) is 19.0 Å². The Morgan fingerprint density at radius 2 is 2.31 bits per heavy atom. The molecule has 0 aromatic carbocycles. The molecule has 1 aromatic rings. The van der Waals surface area contributed by atoms with Crippen LogP contribution in [0.2, 0.25) is 0 Å². The minimum atomic E-state index is 0.382. The highest BCUT2D eigenvalue weighted by molar-refractivity contribution is 5.46. The van der Waals surface area contributed by atoms with Crippen LogP contribution in [0.4, 0.5) is 5.69 Å². The third-order valence-electron chi connectivity index (χ3n) is 2.87. The molecule has 1 rings (SSSR count). The molecule has 4 nitrogen and oxygen atoms in total. The normalized spacial score (nSPS) is 12.8. The monoisotopic (exact) mass is 225 g/mol. The molecule has 0 radical (unpaired) electrons. The first-order chi connectivity index (χ1) is 7.69. The van der Waals surface area contributed by atoms with Gasteiger partial charge in [-0.1, -0.05) is 19.8 Å². The molecular formula is C12H23N3O. The second-order valence-corrected chi connectivity index (χ2v) is 4.21. The molecule has 0 saturated heterocycles. The maximum absolute atomic E-state index is 5.23. The van der Waals surface area contributed by atoms with Gasteiger partial charge in [0.05, 0.1) is 24.2 Å². The Kier molecular flexibility index (Phi) is 5.32. The van der Waals surface area contributed by atoms with Gasteiger partial charge in [-0.15, -0.1) is 0 Å². The fraction of sp³-hybridized carbons (Fsp3) is 0.750. The Morgan fingerprint density at radius 3 is 2.81 bits per heavy atom. The quantitative estimate of drug-likeness (QED) is 0.774. The largest absolute Gasteiger partial charge is 0.383 e. The Balaban J connectivity index is 2.56. The first-order valence-electron chi connectivity index (χ1n) is 5.93. The van der Waals surface area contributed by atoms with E-state index in [1.165, 1.54) is 12.8 Å². The zero-order valence-corrected chi connectivity index (χ0v) is 10.8. The molecule has 0 bridgehead atoms. The Bertz CT molecular complexity index is 309. The van der Waals surface area contributed by atoms with Crippen LogP contribution in [0, 0.1) is 6.92 Å². The van der Waals surface area contributed by atoms with E-state index in [-0.39, 0.29) is 0 Å². The molecule has 1 unspecified atom stereocenters. The van der Waals surface area contributed by atoms with E-state index >= 15 is 0 Å². The molecule has 0 aliphatic heterocycles. The van der Waals surface area contributed by atoms with Gasteiger partial charge in [-0.05, 0) is 13.3 Å². The zero-order valence-electron chi connectivity index (χ0n) is 10.8. The summed E-state index contributed by atoms with van der Waals surface area (Å²) in [5, 5.41) is 7.72. The van der Waals surface area contributed by atoms with Gasteiger partial charge in [0.15, 0.2) is 0 Å². The van der Waals surface area contributed by atoms with E-state index in [1.54, 1.807) is 7.11 Å². The summed E-state index contributed by atoms with van der Waals surface area (Å²) in [5.74, 6) is 0. The van der Waals surface area contributed by atoms with Crippen LogP contribution in [0.5, 0.6) is 0 Å². The first-order valence-corrected chi connectivity index (χ1v) is 5.93. The fourth-order valence-corrected chi connectivity index (χ4v) is 1.71. The predicted octanol–water partition coefficient (Wildman–Crippen LogP) is 2.35. The Hall–Kier alpha value is -1.03. The molecule has 0 aliphatic rings. The number of nitrogens with zero attached hydrogens (tertiary/aromatic N) is 2. The van der Waals surface area contributed by atoms with Gasteiger partial charge >= 0.3 is 0 Å². The topological polar surface area (TPSA) is 39.1 Å². The number of nitrogens with one attached hydrogen (secondary N) is 1. The number of rotatable bonds is 7. The average molecular weight is 225 g/mol. The molecule has 1 heterocycles. The van der Waals surface area contributed by atoms with Crippen molar-refractivity contribution in [3.05, 3.63) is 11.9 Å². The molecular weight excluding hydrogens is 202 g/mol. The molecule has 92 valence electrons. The van der Waals surface area contributed by atoms with Gasteiger partial charge in [-0.2, -0.15) is 5.10 Å². The zero-order chi connectivity index (χ0) is 12.0. The van der Waals surface area contributed by atoms with Crippen LogP contribution in [0.3, 0.4) is 0 Å². The van der Waals surface area contributed by atoms with Gasteiger partial charge in [0.25, 0.3) is 0 Å². The number of methoxy groups -OCH3 is 1. The van der Waals surface area contributed by atoms with Crippen molar-refractivity contribution < 1.29 is 4.74 Å². The highest BCUT2D eigenvalue weighted by atomic mass is 16.5. The van der Waals surface area contributed by atoms with Crippen molar-refractivity contribution in [3.63, 3.8) is 0 Å². The molecule has 0 fully saturated rings. The maximum atomic E-state index is 5.23. The van der Waals surface area contributed by atoms with E-state index in [1.807, 2.05) is 17.9 Å². The van der Waals surface area contributed by atoms with Crippen LogP contribution >= 0.6 is 0 Å². The molecule has 1 N–H and O–H groups in total. The predicted molar refractivity (Wildman–Crippen MR) is 66.8 cm³/mol. The van der Waals surface area contributed by atoms with Crippen molar-refractivity contribution in [1.29, 1.82) is 0 Å². The van der Waals surface area contributed by atoms with E-state index < -0.39 is 0 Å². The number of unbranched alkanes of at least 4 members (excludes halogenated alkanes) is 1. The highest BCUT2D eigenvalue weighted by Crippen LogP contribution is 2.15. The van der Waals surface area contributed by atoms with E-state index in [9.17, 15) is 0 Å². The van der Waals surface area contributed by atoms with Gasteiger partial charge < -0.3 is 10.1 Å². The lowest BCUT2D eigenvalue weighted by Crippen LogP contribution is -2.25. The van der Waals surface area contributed by atoms with Crippen LogP contribution in [-0.2, 0) is 11.8 Å². The molecule has 16 heavy (non-hydrogen) atoms. The maximum Gasteiger partial charge on any atom is 0.0759 e. The summed E-state index contributed by atoms with van der Waals surface area (Å²) in [6, 6.07) is 0.382. The summed E-state index contributed by atoms with van der Waals surface area (Å²) in [4.78, 5) is 0. The summed E-state index contributed by atoms with van der Waals surface area (Å²) in [5.41, 5.74) is 2.28. The van der Waals surface area contributed by atoms with Crippen LogP contribution < -0.4 is 5.32 Å². The van der Waals surface area contributed by atoms with Gasteiger partial charge in [-0.25, -0.2) is 0 Å². The molecule has 0 amide bonds. The number of ether oxygens (including phenoxy) is 1. The third-order valence-corrected chi connectivity index (χ3v) is 2.87. The average Bonchev–Trinajstić information content (AvgIpc) is 2.58. The van der Waals surface area contributed by atoms with E-state index in [0.29, 0.717) is 6.04 Å². The number of hydrogen-bond acceptors (Lipinski definition) is 3. The Labute approximate surface area is 98.0 Å². The minimum Gasteiger partial charge on any atom is -0.383 e. The van der Waals surface area contributed by atoms with Gasteiger partial charge in [0.1, 0.15) is 0 Å². The SMILES string of the molecule is CCCCC(COC)Nc1cnn(C)c1C. The van der Waals surface area contributed by atoms with Crippen LogP contribution in [0.15, 0.2) is 6.20 Å². The lowest BCUT2D eigenvalue weighted by Gasteiger charge is -2.18. The molecule has 0 spiro atoms. The Morgan fingerprint density at radius 1 is 1.56 bits per heavy atom. The fourth-order valence-electron chi connectivity index (χ4n) is 1.71. The lowest BCUT2D eigenvalue weighted by molar-refractivity contribution is 0.182. The first kappa shape index (κ1) is 13.0. The molecule has 4 heteroatoms. The second-order valence-electron chi connectivity index (χ2n) is 4.21. The second kappa shape index (κ2) is 6.53. The molecule has 1 aromatic heterocycles. The van der Waals surface area contributed by atoms with Crippen LogP contribution in [0.25, 0.3) is 0 Å². The lowest BCUT2D eigenvalue weighted by atomic mass is 10.1. The van der Waals surface area contributed by atoms with Gasteiger partial charge in [0, 0.05) is 20.2 Å². The van der Waals surface area contributed by atoms with Crippen LogP contribution in [-0.4, -0.2) is 29.5 Å². The molecule has 0 saturated carbocycles. The number of anilines is 1. The molecule has 0 aliphatic carbocycles. The van der Waals surface area contributed by atoms with E-state index in [4.69, 9.17) is 4.74 Å². The van der Waals surface area contributed by atoms with Crippen molar-refractivity contribution in [2.45, 2.75) is 39.2 Å². The smallest absolute Gasteiger partial charge is 0.0759 e. The van der Waals surface area contributed by atoms with E-state index in [2.05, 4.69) is 24.3 Å². The van der Waals surface area contributed by atoms with Gasteiger partial charge in [0.2, 0.25) is 0 Å². The van der Waals surface area contributed by atoms with Crippen molar-refractivity contribution >= 4 is 5.69 Å². The van der Waals surface area contributed by atoms with Crippen molar-refractivity contribution in [2.24, 2.45) is 7.05 Å². The summed E-state index contributed by atoms with van der Waals surface area (Å²) in [7, 11) is 3.70.